The average molecular weight is 305 g/mol. The first-order valence-electron chi connectivity index (χ1n) is 5.20. The van der Waals surface area contributed by atoms with Gasteiger partial charge in [0.1, 0.15) is 18.5 Å². The fourth-order valence-corrected chi connectivity index (χ4v) is 2.24. The van der Waals surface area contributed by atoms with Crippen molar-refractivity contribution in [2.75, 3.05) is 5.73 Å². The van der Waals surface area contributed by atoms with Gasteiger partial charge in [0, 0.05) is 16.1 Å². The van der Waals surface area contributed by atoms with Crippen molar-refractivity contribution in [2.24, 2.45) is 0 Å². The summed E-state index contributed by atoms with van der Waals surface area (Å²) in [4.78, 5) is 3.92. The van der Waals surface area contributed by atoms with Gasteiger partial charge in [-0.25, -0.2) is 9.67 Å². The molecule has 0 aliphatic rings. The zero-order valence-corrected chi connectivity index (χ0v) is 10.8. The SMILES string of the molecule is Nc1cc(-c2ccc(-n3cncn3)c(Br)c2)[nH]n1. The zero-order chi connectivity index (χ0) is 12.5. The van der Waals surface area contributed by atoms with E-state index in [2.05, 4.69) is 36.2 Å². The summed E-state index contributed by atoms with van der Waals surface area (Å²) in [6, 6.07) is 7.68. The Hall–Kier alpha value is -2.15. The molecule has 2 heterocycles. The van der Waals surface area contributed by atoms with E-state index in [0.29, 0.717) is 5.82 Å². The zero-order valence-electron chi connectivity index (χ0n) is 9.21. The van der Waals surface area contributed by atoms with Gasteiger partial charge in [-0.1, -0.05) is 6.07 Å². The van der Waals surface area contributed by atoms with Crippen LogP contribution in [-0.4, -0.2) is 25.0 Å². The predicted molar refractivity (Wildman–Crippen MR) is 71.1 cm³/mol. The second kappa shape index (κ2) is 4.26. The van der Waals surface area contributed by atoms with E-state index in [-0.39, 0.29) is 0 Å². The smallest absolute Gasteiger partial charge is 0.145 e. The van der Waals surface area contributed by atoms with Gasteiger partial charge in [0.25, 0.3) is 0 Å². The first-order chi connectivity index (χ1) is 8.74. The minimum Gasteiger partial charge on any atom is -0.382 e. The molecule has 7 heteroatoms. The standard InChI is InChI=1S/C11H9BrN6/c12-8-3-7(9-4-11(13)17-16-9)1-2-10(8)18-6-14-5-15-18/h1-6H,(H3,13,16,17). The van der Waals surface area contributed by atoms with Crippen molar-refractivity contribution in [1.29, 1.82) is 0 Å². The number of aromatic nitrogens is 5. The molecule has 90 valence electrons. The lowest BCUT2D eigenvalue weighted by Crippen LogP contribution is -1.95. The minimum atomic E-state index is 0.474. The molecule has 0 amide bonds. The van der Waals surface area contributed by atoms with Crippen LogP contribution < -0.4 is 5.73 Å². The Bertz CT molecular complexity index is 673. The Balaban J connectivity index is 2.04. The number of hydrogen-bond donors (Lipinski definition) is 2. The van der Waals surface area contributed by atoms with Crippen LogP contribution in [0.5, 0.6) is 0 Å². The predicted octanol–water partition coefficient (Wildman–Crippen LogP) is 2.00. The third-order valence-corrected chi connectivity index (χ3v) is 3.16. The molecule has 1 aromatic carbocycles. The van der Waals surface area contributed by atoms with E-state index in [1.54, 1.807) is 17.1 Å². The summed E-state index contributed by atoms with van der Waals surface area (Å²) < 4.78 is 2.61. The number of benzene rings is 1. The highest BCUT2D eigenvalue weighted by molar-refractivity contribution is 9.10. The van der Waals surface area contributed by atoms with Gasteiger partial charge >= 0.3 is 0 Å². The molecule has 6 nitrogen and oxygen atoms in total. The third kappa shape index (κ3) is 1.88. The molecule has 18 heavy (non-hydrogen) atoms. The highest BCUT2D eigenvalue weighted by atomic mass is 79.9. The van der Waals surface area contributed by atoms with Crippen LogP contribution in [0.1, 0.15) is 0 Å². The molecule has 0 aliphatic carbocycles. The second-order valence-corrected chi connectivity index (χ2v) is 4.57. The van der Waals surface area contributed by atoms with Crippen LogP contribution in [0.25, 0.3) is 16.9 Å². The maximum atomic E-state index is 5.58. The van der Waals surface area contributed by atoms with Crippen molar-refractivity contribution in [2.45, 2.75) is 0 Å². The quantitative estimate of drug-likeness (QED) is 0.758. The Kier molecular flexibility index (Phi) is 2.60. The summed E-state index contributed by atoms with van der Waals surface area (Å²) in [5.41, 5.74) is 8.37. The van der Waals surface area contributed by atoms with Crippen molar-refractivity contribution in [1.82, 2.24) is 25.0 Å². The monoisotopic (exact) mass is 304 g/mol. The number of H-pyrrole nitrogens is 1. The van der Waals surface area contributed by atoms with Gasteiger partial charge in [-0.2, -0.15) is 10.2 Å². The lowest BCUT2D eigenvalue weighted by atomic mass is 10.1. The molecule has 0 aliphatic heterocycles. The highest BCUT2D eigenvalue weighted by Gasteiger charge is 2.07. The molecular weight excluding hydrogens is 296 g/mol. The van der Waals surface area contributed by atoms with Crippen LogP contribution >= 0.6 is 15.9 Å². The second-order valence-electron chi connectivity index (χ2n) is 3.71. The van der Waals surface area contributed by atoms with Gasteiger partial charge in [0.05, 0.1) is 11.4 Å². The minimum absolute atomic E-state index is 0.474. The maximum absolute atomic E-state index is 5.58. The number of nitrogens with zero attached hydrogens (tertiary/aromatic N) is 4. The van der Waals surface area contributed by atoms with Crippen molar-refractivity contribution >= 4 is 21.7 Å². The van der Waals surface area contributed by atoms with Crippen LogP contribution in [0, 0.1) is 0 Å². The largest absolute Gasteiger partial charge is 0.382 e. The van der Waals surface area contributed by atoms with Gasteiger partial charge in [-0.3, -0.25) is 5.10 Å². The van der Waals surface area contributed by atoms with Crippen molar-refractivity contribution in [3.05, 3.63) is 41.4 Å². The van der Waals surface area contributed by atoms with Crippen LogP contribution in [0.4, 0.5) is 5.82 Å². The van der Waals surface area contributed by atoms with Crippen LogP contribution in [0.2, 0.25) is 0 Å². The Labute approximate surface area is 111 Å². The third-order valence-electron chi connectivity index (χ3n) is 2.52. The number of hydrogen-bond acceptors (Lipinski definition) is 4. The number of nitrogens with two attached hydrogens (primary N) is 1. The average Bonchev–Trinajstić information content (AvgIpc) is 2.99. The van der Waals surface area contributed by atoms with Gasteiger partial charge in [-0.15, -0.1) is 0 Å². The fourth-order valence-electron chi connectivity index (χ4n) is 1.68. The fraction of sp³-hybridized carbons (Fsp3) is 0. The van der Waals surface area contributed by atoms with Gasteiger partial charge in [-0.05, 0) is 28.1 Å². The summed E-state index contributed by atoms with van der Waals surface area (Å²) in [7, 11) is 0. The Morgan fingerprint density at radius 3 is 2.78 bits per heavy atom. The summed E-state index contributed by atoms with van der Waals surface area (Å²) >= 11 is 3.52. The van der Waals surface area contributed by atoms with E-state index < -0.39 is 0 Å². The number of anilines is 1. The molecule has 3 rings (SSSR count). The molecule has 0 bridgehead atoms. The van der Waals surface area contributed by atoms with E-state index in [0.717, 1.165) is 21.4 Å². The highest BCUT2D eigenvalue weighted by Crippen LogP contribution is 2.27. The molecule has 0 saturated carbocycles. The molecule has 0 atom stereocenters. The van der Waals surface area contributed by atoms with Crippen molar-refractivity contribution in [3.63, 3.8) is 0 Å². The normalized spacial score (nSPS) is 10.7. The summed E-state index contributed by atoms with van der Waals surface area (Å²) in [5.74, 6) is 0.474. The van der Waals surface area contributed by atoms with E-state index in [9.17, 15) is 0 Å². The molecule has 3 N–H and O–H groups in total. The van der Waals surface area contributed by atoms with Crippen molar-refractivity contribution < 1.29 is 0 Å². The summed E-state index contributed by atoms with van der Waals surface area (Å²) in [6.45, 7) is 0. The molecule has 0 saturated heterocycles. The number of rotatable bonds is 2. The van der Waals surface area contributed by atoms with Crippen LogP contribution in [-0.2, 0) is 0 Å². The molecule has 0 radical (unpaired) electrons. The first-order valence-corrected chi connectivity index (χ1v) is 5.99. The molecule has 3 aromatic rings. The van der Waals surface area contributed by atoms with Gasteiger partial charge in [0.2, 0.25) is 0 Å². The van der Waals surface area contributed by atoms with E-state index in [4.69, 9.17) is 5.73 Å². The lowest BCUT2D eigenvalue weighted by Gasteiger charge is -2.05. The summed E-state index contributed by atoms with van der Waals surface area (Å²) in [5, 5.41) is 10.9. The number of halogens is 1. The molecule has 2 aromatic heterocycles. The van der Waals surface area contributed by atoms with Gasteiger partial charge < -0.3 is 5.73 Å². The number of aromatic amines is 1. The topological polar surface area (TPSA) is 85.4 Å². The Morgan fingerprint density at radius 1 is 1.28 bits per heavy atom. The number of nitrogen functional groups attached to an aromatic ring is 1. The number of nitrogens with one attached hydrogen (secondary N) is 1. The molecule has 0 fully saturated rings. The van der Waals surface area contributed by atoms with Crippen molar-refractivity contribution in [3.8, 4) is 16.9 Å². The van der Waals surface area contributed by atoms with Crippen LogP contribution in [0.3, 0.4) is 0 Å². The molecule has 0 spiro atoms. The lowest BCUT2D eigenvalue weighted by molar-refractivity contribution is 0.874. The van der Waals surface area contributed by atoms with E-state index >= 15 is 0 Å². The van der Waals surface area contributed by atoms with Crippen LogP contribution in [0.15, 0.2) is 41.4 Å². The summed E-state index contributed by atoms with van der Waals surface area (Å²) in [6.07, 6.45) is 3.14. The molecule has 0 unspecified atom stereocenters. The van der Waals surface area contributed by atoms with Gasteiger partial charge in [0.15, 0.2) is 0 Å². The molecular formula is C11H9BrN6. The maximum Gasteiger partial charge on any atom is 0.145 e. The van der Waals surface area contributed by atoms with E-state index in [1.807, 2.05) is 18.2 Å². The van der Waals surface area contributed by atoms with E-state index in [1.165, 1.54) is 6.33 Å². The first kappa shape index (κ1) is 11.0. The Morgan fingerprint density at radius 2 is 2.17 bits per heavy atom.